The van der Waals surface area contributed by atoms with Crippen LogP contribution in [0.2, 0.25) is 0 Å². The Labute approximate surface area is 105 Å². The summed E-state index contributed by atoms with van der Waals surface area (Å²) in [6.07, 6.45) is 2.00. The van der Waals surface area contributed by atoms with Crippen molar-refractivity contribution in [1.82, 2.24) is 10.2 Å². The van der Waals surface area contributed by atoms with Gasteiger partial charge in [0.25, 0.3) is 0 Å². The van der Waals surface area contributed by atoms with E-state index in [9.17, 15) is 9.59 Å². The minimum absolute atomic E-state index is 0.0514. The van der Waals surface area contributed by atoms with E-state index in [1.165, 1.54) is 0 Å². The molecule has 0 spiro atoms. The molecule has 1 N–H and O–H groups in total. The smallest absolute Gasteiger partial charge is 0.237 e. The molecule has 0 aromatic rings. The molecule has 0 fully saturated rings. The summed E-state index contributed by atoms with van der Waals surface area (Å²) < 4.78 is 0. The number of hydrogen-bond acceptors (Lipinski definition) is 2. The van der Waals surface area contributed by atoms with Gasteiger partial charge in [-0.05, 0) is 34.1 Å². The zero-order chi connectivity index (χ0) is 13.6. The van der Waals surface area contributed by atoms with E-state index in [0.29, 0.717) is 6.54 Å². The zero-order valence-corrected chi connectivity index (χ0v) is 12.0. The number of carbonyl (C=O) groups is 2. The first kappa shape index (κ1) is 15.9. The van der Waals surface area contributed by atoms with Crippen molar-refractivity contribution in [2.24, 2.45) is 5.41 Å². The second-order valence-corrected chi connectivity index (χ2v) is 5.33. The van der Waals surface area contributed by atoms with Gasteiger partial charge in [-0.25, -0.2) is 0 Å². The maximum Gasteiger partial charge on any atom is 0.237 e. The van der Waals surface area contributed by atoms with E-state index in [4.69, 9.17) is 0 Å². The largest absolute Gasteiger partial charge is 0.353 e. The fraction of sp³-hybridized carbons (Fsp3) is 0.846. The molecular formula is C13H26N2O2. The van der Waals surface area contributed by atoms with Gasteiger partial charge in [0.05, 0.1) is 0 Å². The molecule has 0 aromatic heterocycles. The Kier molecular flexibility index (Phi) is 6.21. The summed E-state index contributed by atoms with van der Waals surface area (Å²) in [4.78, 5) is 25.7. The SMILES string of the molecule is CCCCN(C)C(=O)C(C)(C)C(=O)NC(C)C. The number of nitrogens with zero attached hydrogens (tertiary/aromatic N) is 1. The van der Waals surface area contributed by atoms with Gasteiger partial charge in [0.15, 0.2) is 0 Å². The van der Waals surface area contributed by atoms with Crippen LogP contribution < -0.4 is 5.32 Å². The summed E-state index contributed by atoms with van der Waals surface area (Å²) in [5.41, 5.74) is -0.993. The number of hydrogen-bond donors (Lipinski definition) is 1. The van der Waals surface area contributed by atoms with Crippen LogP contribution in [-0.2, 0) is 9.59 Å². The highest BCUT2D eigenvalue weighted by Gasteiger charge is 2.38. The lowest BCUT2D eigenvalue weighted by Crippen LogP contribution is -2.50. The van der Waals surface area contributed by atoms with Gasteiger partial charge in [-0.1, -0.05) is 13.3 Å². The van der Waals surface area contributed by atoms with Crippen molar-refractivity contribution >= 4 is 11.8 Å². The summed E-state index contributed by atoms with van der Waals surface area (Å²) in [6, 6.07) is 0.0514. The average molecular weight is 242 g/mol. The van der Waals surface area contributed by atoms with Crippen LogP contribution in [0.4, 0.5) is 0 Å². The van der Waals surface area contributed by atoms with Crippen LogP contribution in [0.15, 0.2) is 0 Å². The maximum atomic E-state index is 12.2. The molecule has 0 heterocycles. The molecule has 17 heavy (non-hydrogen) atoms. The molecule has 0 saturated heterocycles. The molecule has 0 aromatic carbocycles. The first-order chi connectivity index (χ1) is 7.73. The highest BCUT2D eigenvalue weighted by molar-refractivity contribution is 6.04. The summed E-state index contributed by atoms with van der Waals surface area (Å²) in [7, 11) is 1.75. The van der Waals surface area contributed by atoms with Gasteiger partial charge in [0, 0.05) is 19.6 Å². The van der Waals surface area contributed by atoms with E-state index in [0.717, 1.165) is 12.8 Å². The van der Waals surface area contributed by atoms with E-state index in [1.807, 2.05) is 13.8 Å². The molecule has 4 heteroatoms. The predicted molar refractivity (Wildman–Crippen MR) is 69.6 cm³/mol. The molecule has 0 unspecified atom stereocenters. The van der Waals surface area contributed by atoms with Crippen LogP contribution in [-0.4, -0.2) is 36.3 Å². The van der Waals surface area contributed by atoms with Gasteiger partial charge in [0.2, 0.25) is 11.8 Å². The van der Waals surface area contributed by atoms with E-state index in [2.05, 4.69) is 12.2 Å². The third-order valence-electron chi connectivity index (χ3n) is 2.72. The van der Waals surface area contributed by atoms with E-state index < -0.39 is 5.41 Å². The van der Waals surface area contributed by atoms with Crippen molar-refractivity contribution in [3.63, 3.8) is 0 Å². The second kappa shape index (κ2) is 6.62. The third kappa shape index (κ3) is 4.75. The van der Waals surface area contributed by atoms with Crippen LogP contribution >= 0.6 is 0 Å². The van der Waals surface area contributed by atoms with Crippen molar-refractivity contribution in [3.8, 4) is 0 Å². The Balaban J connectivity index is 4.57. The van der Waals surface area contributed by atoms with Crippen LogP contribution in [0.25, 0.3) is 0 Å². The van der Waals surface area contributed by atoms with E-state index in [1.54, 1.807) is 25.8 Å². The second-order valence-electron chi connectivity index (χ2n) is 5.33. The van der Waals surface area contributed by atoms with Gasteiger partial charge in [-0.2, -0.15) is 0 Å². The van der Waals surface area contributed by atoms with Crippen LogP contribution in [0.1, 0.15) is 47.5 Å². The first-order valence-electron chi connectivity index (χ1n) is 6.30. The first-order valence-corrected chi connectivity index (χ1v) is 6.30. The minimum atomic E-state index is -0.993. The molecule has 0 bridgehead atoms. The quantitative estimate of drug-likeness (QED) is 0.722. The molecule has 100 valence electrons. The molecule has 0 saturated carbocycles. The normalized spacial score (nSPS) is 11.5. The van der Waals surface area contributed by atoms with Gasteiger partial charge in [-0.3, -0.25) is 9.59 Å². The zero-order valence-electron chi connectivity index (χ0n) is 12.0. The van der Waals surface area contributed by atoms with Crippen LogP contribution in [0, 0.1) is 5.41 Å². The molecule has 0 rings (SSSR count). The Morgan fingerprint density at radius 2 is 1.82 bits per heavy atom. The lowest BCUT2D eigenvalue weighted by molar-refractivity contribution is -0.147. The standard InChI is InChI=1S/C13H26N2O2/c1-7-8-9-15(6)12(17)13(4,5)11(16)14-10(2)3/h10H,7-9H2,1-6H3,(H,14,16). The Bertz CT molecular complexity index is 273. The fourth-order valence-electron chi connectivity index (χ4n) is 1.51. The molecule has 0 aliphatic heterocycles. The summed E-state index contributed by atoms with van der Waals surface area (Å²) >= 11 is 0. The summed E-state index contributed by atoms with van der Waals surface area (Å²) in [6.45, 7) is 9.91. The number of unbranched alkanes of at least 4 members (excludes halogenated alkanes) is 1. The fourth-order valence-corrected chi connectivity index (χ4v) is 1.51. The Morgan fingerprint density at radius 1 is 1.29 bits per heavy atom. The molecule has 0 radical (unpaired) electrons. The Morgan fingerprint density at radius 3 is 2.24 bits per heavy atom. The lowest BCUT2D eigenvalue weighted by atomic mass is 9.90. The summed E-state index contributed by atoms with van der Waals surface area (Å²) in [5.74, 6) is -0.329. The lowest BCUT2D eigenvalue weighted by Gasteiger charge is -2.29. The van der Waals surface area contributed by atoms with Gasteiger partial charge < -0.3 is 10.2 Å². The predicted octanol–water partition coefficient (Wildman–Crippen LogP) is 1.80. The number of amides is 2. The molecule has 4 nitrogen and oxygen atoms in total. The molecule has 0 aliphatic carbocycles. The van der Waals surface area contributed by atoms with Crippen molar-refractivity contribution in [2.75, 3.05) is 13.6 Å². The van der Waals surface area contributed by atoms with E-state index in [-0.39, 0.29) is 17.9 Å². The van der Waals surface area contributed by atoms with Crippen LogP contribution in [0.3, 0.4) is 0 Å². The molecular weight excluding hydrogens is 216 g/mol. The number of rotatable bonds is 6. The van der Waals surface area contributed by atoms with Crippen molar-refractivity contribution < 1.29 is 9.59 Å². The summed E-state index contributed by atoms with van der Waals surface area (Å²) in [5, 5.41) is 2.79. The van der Waals surface area contributed by atoms with Gasteiger partial charge in [-0.15, -0.1) is 0 Å². The van der Waals surface area contributed by atoms with Crippen molar-refractivity contribution in [1.29, 1.82) is 0 Å². The maximum absolute atomic E-state index is 12.2. The topological polar surface area (TPSA) is 49.4 Å². The van der Waals surface area contributed by atoms with Gasteiger partial charge in [0.1, 0.15) is 5.41 Å². The highest BCUT2D eigenvalue weighted by atomic mass is 16.2. The van der Waals surface area contributed by atoms with E-state index >= 15 is 0 Å². The third-order valence-corrected chi connectivity index (χ3v) is 2.72. The average Bonchev–Trinajstić information content (AvgIpc) is 2.23. The molecule has 2 amide bonds. The molecule has 0 atom stereocenters. The van der Waals surface area contributed by atoms with Crippen LogP contribution in [0.5, 0.6) is 0 Å². The monoisotopic (exact) mass is 242 g/mol. The van der Waals surface area contributed by atoms with Crippen molar-refractivity contribution in [2.45, 2.75) is 53.5 Å². The minimum Gasteiger partial charge on any atom is -0.353 e. The number of carbonyl (C=O) groups excluding carboxylic acids is 2. The Hall–Kier alpha value is -1.06. The highest BCUT2D eigenvalue weighted by Crippen LogP contribution is 2.19. The van der Waals surface area contributed by atoms with Crippen molar-refractivity contribution in [3.05, 3.63) is 0 Å². The van der Waals surface area contributed by atoms with Gasteiger partial charge >= 0.3 is 0 Å². The number of nitrogens with one attached hydrogen (secondary N) is 1. The molecule has 0 aliphatic rings.